The standard InChI is InChI=1S/C15H14N4O3/c20-15(11-5-2-1-3-6-11)17-12-9-18(10-12)14-13(19(21)22)7-4-8-16-14/h1-8,12H,9-10H2,(H,17,20). The Morgan fingerprint density at radius 2 is 1.95 bits per heavy atom. The van der Waals surface area contributed by atoms with Gasteiger partial charge in [-0.05, 0) is 18.2 Å². The van der Waals surface area contributed by atoms with Gasteiger partial charge in [-0.3, -0.25) is 14.9 Å². The van der Waals surface area contributed by atoms with Crippen LogP contribution in [0.25, 0.3) is 0 Å². The molecule has 1 aromatic carbocycles. The maximum Gasteiger partial charge on any atom is 0.311 e. The Bertz CT molecular complexity index is 699. The van der Waals surface area contributed by atoms with Crippen molar-refractivity contribution in [2.24, 2.45) is 0 Å². The Labute approximate surface area is 126 Å². The fraction of sp³-hybridized carbons (Fsp3) is 0.200. The van der Waals surface area contributed by atoms with Crippen LogP contribution in [0.1, 0.15) is 10.4 Å². The molecule has 2 aromatic rings. The van der Waals surface area contributed by atoms with Gasteiger partial charge >= 0.3 is 5.69 Å². The molecule has 0 unspecified atom stereocenters. The van der Waals surface area contributed by atoms with E-state index in [0.717, 1.165) is 0 Å². The molecule has 0 aliphatic carbocycles. The van der Waals surface area contributed by atoms with E-state index in [9.17, 15) is 14.9 Å². The molecule has 1 amide bonds. The zero-order valence-electron chi connectivity index (χ0n) is 11.7. The number of pyridine rings is 1. The summed E-state index contributed by atoms with van der Waals surface area (Å²) < 4.78 is 0. The SMILES string of the molecule is O=C(NC1CN(c2ncccc2[N+](=O)[O-])C1)c1ccccc1. The quantitative estimate of drug-likeness (QED) is 0.684. The molecule has 0 saturated carbocycles. The van der Waals surface area contributed by atoms with E-state index in [2.05, 4.69) is 10.3 Å². The molecule has 2 heterocycles. The second kappa shape index (κ2) is 5.80. The number of nitrogens with zero attached hydrogens (tertiary/aromatic N) is 3. The highest BCUT2D eigenvalue weighted by Gasteiger charge is 2.33. The number of anilines is 1. The molecule has 1 saturated heterocycles. The van der Waals surface area contributed by atoms with Crippen molar-refractivity contribution in [2.45, 2.75) is 6.04 Å². The predicted octanol–water partition coefficient (Wildman–Crippen LogP) is 1.61. The number of nitrogens with one attached hydrogen (secondary N) is 1. The van der Waals surface area contributed by atoms with E-state index in [0.29, 0.717) is 24.5 Å². The summed E-state index contributed by atoms with van der Waals surface area (Å²) in [5, 5.41) is 13.9. The van der Waals surface area contributed by atoms with E-state index < -0.39 is 4.92 Å². The molecular formula is C15H14N4O3. The molecule has 22 heavy (non-hydrogen) atoms. The van der Waals surface area contributed by atoms with E-state index in [4.69, 9.17) is 0 Å². The average molecular weight is 298 g/mol. The predicted molar refractivity (Wildman–Crippen MR) is 80.8 cm³/mol. The summed E-state index contributed by atoms with van der Waals surface area (Å²) in [5.41, 5.74) is 0.583. The number of benzene rings is 1. The van der Waals surface area contributed by atoms with Gasteiger partial charge in [0, 0.05) is 30.9 Å². The van der Waals surface area contributed by atoms with Crippen LogP contribution in [0.15, 0.2) is 48.7 Å². The lowest BCUT2D eigenvalue weighted by Crippen LogP contribution is -2.59. The molecule has 3 rings (SSSR count). The molecule has 7 nitrogen and oxygen atoms in total. The van der Waals surface area contributed by atoms with E-state index in [1.165, 1.54) is 18.3 Å². The van der Waals surface area contributed by atoms with Gasteiger partial charge in [0.1, 0.15) is 0 Å². The van der Waals surface area contributed by atoms with E-state index in [1.807, 2.05) is 6.07 Å². The zero-order chi connectivity index (χ0) is 15.5. The van der Waals surface area contributed by atoms with Crippen LogP contribution in [0.4, 0.5) is 11.5 Å². The zero-order valence-corrected chi connectivity index (χ0v) is 11.7. The lowest BCUT2D eigenvalue weighted by molar-refractivity contribution is -0.384. The Morgan fingerprint density at radius 1 is 1.23 bits per heavy atom. The van der Waals surface area contributed by atoms with Crippen molar-refractivity contribution < 1.29 is 9.72 Å². The summed E-state index contributed by atoms with van der Waals surface area (Å²) >= 11 is 0. The molecule has 1 aromatic heterocycles. The first-order valence-electron chi connectivity index (χ1n) is 6.85. The van der Waals surface area contributed by atoms with Gasteiger partial charge in [-0.25, -0.2) is 4.98 Å². The van der Waals surface area contributed by atoms with Crippen molar-refractivity contribution in [3.8, 4) is 0 Å². The monoisotopic (exact) mass is 298 g/mol. The minimum absolute atomic E-state index is 0.0182. The van der Waals surface area contributed by atoms with Crippen LogP contribution in [0.3, 0.4) is 0 Å². The van der Waals surface area contributed by atoms with Crippen LogP contribution in [-0.2, 0) is 0 Å². The molecule has 112 valence electrons. The molecular weight excluding hydrogens is 284 g/mol. The lowest BCUT2D eigenvalue weighted by Gasteiger charge is -2.39. The number of rotatable bonds is 4. The third-order valence-electron chi connectivity index (χ3n) is 3.52. The van der Waals surface area contributed by atoms with E-state index in [1.54, 1.807) is 29.2 Å². The Morgan fingerprint density at radius 3 is 2.64 bits per heavy atom. The third-order valence-corrected chi connectivity index (χ3v) is 3.52. The van der Waals surface area contributed by atoms with Crippen LogP contribution in [0.5, 0.6) is 0 Å². The summed E-state index contributed by atoms with van der Waals surface area (Å²) in [6.07, 6.45) is 1.53. The van der Waals surface area contributed by atoms with Crippen molar-refractivity contribution in [1.82, 2.24) is 10.3 Å². The highest BCUT2D eigenvalue weighted by atomic mass is 16.6. The largest absolute Gasteiger partial charge is 0.347 e. The smallest absolute Gasteiger partial charge is 0.311 e. The highest BCUT2D eigenvalue weighted by Crippen LogP contribution is 2.28. The first kappa shape index (κ1) is 14.0. The van der Waals surface area contributed by atoms with Crippen molar-refractivity contribution >= 4 is 17.4 Å². The molecule has 0 bridgehead atoms. The topological polar surface area (TPSA) is 88.4 Å². The number of carbonyl (C=O) groups is 1. The molecule has 1 N–H and O–H groups in total. The number of hydrogen-bond acceptors (Lipinski definition) is 5. The fourth-order valence-electron chi connectivity index (χ4n) is 2.38. The van der Waals surface area contributed by atoms with E-state index in [-0.39, 0.29) is 17.6 Å². The first-order chi connectivity index (χ1) is 10.6. The molecule has 1 aliphatic heterocycles. The number of carbonyl (C=O) groups excluding carboxylic acids is 1. The minimum Gasteiger partial charge on any atom is -0.347 e. The van der Waals surface area contributed by atoms with Crippen molar-refractivity contribution in [1.29, 1.82) is 0 Å². The van der Waals surface area contributed by atoms with Crippen LogP contribution < -0.4 is 10.2 Å². The Kier molecular flexibility index (Phi) is 3.69. The second-order valence-electron chi connectivity index (χ2n) is 5.04. The van der Waals surface area contributed by atoms with Crippen molar-refractivity contribution in [3.63, 3.8) is 0 Å². The highest BCUT2D eigenvalue weighted by molar-refractivity contribution is 5.94. The number of amides is 1. The molecule has 7 heteroatoms. The normalized spacial score (nSPS) is 14.3. The number of aromatic nitrogens is 1. The average Bonchev–Trinajstić information content (AvgIpc) is 2.51. The van der Waals surface area contributed by atoms with Gasteiger partial charge in [0.15, 0.2) is 0 Å². The van der Waals surface area contributed by atoms with Crippen LogP contribution >= 0.6 is 0 Å². The summed E-state index contributed by atoms with van der Waals surface area (Å²) in [6, 6.07) is 11.9. The van der Waals surface area contributed by atoms with Gasteiger partial charge in [-0.2, -0.15) is 0 Å². The third kappa shape index (κ3) is 2.73. The maximum absolute atomic E-state index is 12.0. The number of hydrogen-bond donors (Lipinski definition) is 1. The Balaban J connectivity index is 1.61. The summed E-state index contributed by atoms with van der Waals surface area (Å²) in [7, 11) is 0. The summed E-state index contributed by atoms with van der Waals surface area (Å²) in [6.45, 7) is 1.02. The number of nitro groups is 1. The van der Waals surface area contributed by atoms with Gasteiger partial charge in [0.05, 0.1) is 11.0 Å². The van der Waals surface area contributed by atoms with Gasteiger partial charge in [-0.15, -0.1) is 0 Å². The van der Waals surface area contributed by atoms with Gasteiger partial charge in [-0.1, -0.05) is 18.2 Å². The van der Waals surface area contributed by atoms with Gasteiger partial charge in [0.2, 0.25) is 5.82 Å². The lowest BCUT2D eigenvalue weighted by atomic mass is 10.1. The van der Waals surface area contributed by atoms with E-state index >= 15 is 0 Å². The van der Waals surface area contributed by atoms with Crippen LogP contribution in [-0.4, -0.2) is 34.9 Å². The maximum atomic E-state index is 12.0. The molecule has 1 aliphatic rings. The molecule has 0 spiro atoms. The molecule has 0 radical (unpaired) electrons. The van der Waals surface area contributed by atoms with Gasteiger partial charge < -0.3 is 10.2 Å². The first-order valence-corrected chi connectivity index (χ1v) is 6.85. The molecule has 1 fully saturated rings. The van der Waals surface area contributed by atoms with Crippen molar-refractivity contribution in [3.05, 3.63) is 64.3 Å². The summed E-state index contributed by atoms with van der Waals surface area (Å²) in [4.78, 5) is 28.4. The molecule has 0 atom stereocenters. The Hall–Kier alpha value is -2.96. The van der Waals surface area contributed by atoms with Crippen molar-refractivity contribution in [2.75, 3.05) is 18.0 Å². The van der Waals surface area contributed by atoms with Crippen LogP contribution in [0, 0.1) is 10.1 Å². The second-order valence-corrected chi connectivity index (χ2v) is 5.04. The fourth-order valence-corrected chi connectivity index (χ4v) is 2.38. The minimum atomic E-state index is -0.446. The summed E-state index contributed by atoms with van der Waals surface area (Å²) in [5.74, 6) is 0.207. The van der Waals surface area contributed by atoms with Crippen LogP contribution in [0.2, 0.25) is 0 Å². The van der Waals surface area contributed by atoms with Gasteiger partial charge in [0.25, 0.3) is 5.91 Å².